The van der Waals surface area contributed by atoms with Crippen LogP contribution in [0, 0.1) is 23.1 Å². The average Bonchev–Trinajstić information content (AvgIpc) is 3.52. The molecule has 0 spiro atoms. The molecule has 2 fully saturated rings. The molecule has 1 aromatic heterocycles. The number of nitrogens with zero attached hydrogens (tertiary/aromatic N) is 4. The topological polar surface area (TPSA) is 116 Å². The number of carbonyl (C=O) groups excluding carboxylic acids is 1. The van der Waals surface area contributed by atoms with Crippen LogP contribution in [0.2, 0.25) is 5.02 Å². The molecule has 0 radical (unpaired) electrons. The molecule has 1 N–H and O–H groups in total. The van der Waals surface area contributed by atoms with Crippen LogP contribution in [0.4, 0.5) is 15.2 Å². The molecule has 1 saturated carbocycles. The summed E-state index contributed by atoms with van der Waals surface area (Å²) in [5.74, 6) is -1.02. The first-order valence-electron chi connectivity index (χ1n) is 10.8. The minimum atomic E-state index is -4.62. The molecule has 1 aliphatic heterocycles. The lowest BCUT2D eigenvalue weighted by atomic mass is 9.89. The maximum atomic E-state index is 15.1. The van der Waals surface area contributed by atoms with E-state index in [2.05, 4.69) is 26.1 Å². The van der Waals surface area contributed by atoms with E-state index in [1.54, 1.807) is 0 Å². The largest absolute Gasteiger partial charge is 0.379 e. The Morgan fingerprint density at radius 1 is 1.35 bits per heavy atom. The van der Waals surface area contributed by atoms with Crippen molar-refractivity contribution in [1.82, 2.24) is 9.88 Å². The van der Waals surface area contributed by atoms with Crippen molar-refractivity contribution in [3.8, 4) is 6.07 Å². The smallest absolute Gasteiger partial charge is 0.322 e. The van der Waals surface area contributed by atoms with E-state index in [0.717, 1.165) is 62.1 Å². The van der Waals surface area contributed by atoms with Gasteiger partial charge in [-0.25, -0.2) is 9.37 Å². The minimum Gasteiger partial charge on any atom is -0.379 e. The quantitative estimate of drug-likeness (QED) is 0.407. The Hall–Kier alpha value is -2.46. The number of nitrogens with one attached hydrogen (secondary N) is 1. The lowest BCUT2D eigenvalue weighted by molar-refractivity contribution is -0.128. The highest BCUT2D eigenvalue weighted by atomic mass is 35.5. The van der Waals surface area contributed by atoms with E-state index in [4.69, 9.17) is 11.6 Å². The van der Waals surface area contributed by atoms with Crippen LogP contribution < -0.4 is 9.79 Å². The van der Waals surface area contributed by atoms with Gasteiger partial charge < -0.3 is 10.2 Å². The van der Waals surface area contributed by atoms with Crippen molar-refractivity contribution in [3.63, 3.8) is 0 Å². The maximum Gasteiger partial charge on any atom is 0.322 e. The Morgan fingerprint density at radius 3 is 2.82 bits per heavy atom. The first-order chi connectivity index (χ1) is 16.3. The van der Waals surface area contributed by atoms with Crippen LogP contribution in [0.25, 0.3) is 0 Å². The second-order valence-corrected chi connectivity index (χ2v) is 11.2. The van der Waals surface area contributed by atoms with Crippen LogP contribution >= 0.6 is 22.9 Å². The van der Waals surface area contributed by atoms with Crippen LogP contribution in [0.5, 0.6) is 0 Å². The molecule has 2 aromatic rings. The normalized spacial score (nSPS) is 23.3. The third-order valence-corrected chi connectivity index (χ3v) is 8.91. The lowest BCUT2D eigenvalue weighted by Gasteiger charge is -2.39. The van der Waals surface area contributed by atoms with Crippen molar-refractivity contribution in [2.45, 2.75) is 49.1 Å². The number of hydrogen-bond acceptors (Lipinski definition) is 9. The van der Waals surface area contributed by atoms with E-state index in [0.29, 0.717) is 6.54 Å². The van der Waals surface area contributed by atoms with Gasteiger partial charge in [0, 0.05) is 30.2 Å². The molecular formula is C21H23ClFN5O4S2. The second-order valence-electron chi connectivity index (χ2n) is 8.22. The van der Waals surface area contributed by atoms with Crippen LogP contribution in [0.3, 0.4) is 0 Å². The second kappa shape index (κ2) is 10.4. The fourth-order valence-electron chi connectivity index (χ4n) is 4.59. The molecule has 0 bridgehead atoms. The molecule has 3 atom stereocenters. The molecule has 1 saturated heterocycles. The van der Waals surface area contributed by atoms with Gasteiger partial charge in [0.2, 0.25) is 5.13 Å². The van der Waals surface area contributed by atoms with Gasteiger partial charge in [0.1, 0.15) is 10.7 Å². The van der Waals surface area contributed by atoms with Crippen molar-refractivity contribution in [2.75, 3.05) is 22.9 Å². The Balaban J connectivity index is 1.59. The summed E-state index contributed by atoms with van der Waals surface area (Å²) in [4.78, 5) is 20.9. The van der Waals surface area contributed by atoms with Gasteiger partial charge in [-0.2, -0.15) is 13.7 Å². The Labute approximate surface area is 206 Å². The molecular weight excluding hydrogens is 505 g/mol. The Bertz CT molecular complexity index is 1170. The fourth-order valence-corrected chi connectivity index (χ4v) is 6.94. The third-order valence-electron chi connectivity index (χ3n) is 6.17. The van der Waals surface area contributed by atoms with E-state index >= 15 is 4.39 Å². The molecule has 1 aromatic carbocycles. The van der Waals surface area contributed by atoms with Gasteiger partial charge in [-0.1, -0.05) is 28.9 Å². The summed E-state index contributed by atoms with van der Waals surface area (Å²) < 4.78 is 41.4. The number of nitriles is 1. The number of hydrogen-bond donors (Lipinski definition) is 1. The van der Waals surface area contributed by atoms with Gasteiger partial charge in [0.25, 0.3) is 0 Å². The monoisotopic (exact) mass is 527 g/mol. The zero-order valence-electron chi connectivity index (χ0n) is 18.1. The van der Waals surface area contributed by atoms with Crippen molar-refractivity contribution in [3.05, 3.63) is 34.5 Å². The summed E-state index contributed by atoms with van der Waals surface area (Å²) in [6.07, 6.45) is 6.03. The standard InChI is InChI=1S/C21H23ClFN5O4S2/c22-15-9-20(34(30,31)28(32-13-29)21-25-6-8-33-21)16(23)10-18(15)26-17-3-1-2-4-19(17)27-7-5-14(11-24)12-27/h6,8-10,13-14,17,19,26H,1-5,7,12H2/t14-,17-,19-/m0/s1. The van der Waals surface area contributed by atoms with E-state index < -0.39 is 20.7 Å². The number of rotatable bonds is 8. The Morgan fingerprint density at radius 2 is 2.15 bits per heavy atom. The summed E-state index contributed by atoms with van der Waals surface area (Å²) in [7, 11) is -4.62. The van der Waals surface area contributed by atoms with Crippen LogP contribution in [-0.4, -0.2) is 49.9 Å². The van der Waals surface area contributed by atoms with Crippen molar-refractivity contribution >= 4 is 50.3 Å². The lowest BCUT2D eigenvalue weighted by Crippen LogP contribution is -2.48. The molecule has 0 unspecified atom stereocenters. The molecule has 9 nitrogen and oxygen atoms in total. The van der Waals surface area contributed by atoms with Gasteiger partial charge in [-0.05, 0) is 37.9 Å². The molecule has 1 aliphatic carbocycles. The number of aromatic nitrogens is 1. The number of halogens is 2. The van der Waals surface area contributed by atoms with E-state index in [9.17, 15) is 18.5 Å². The van der Waals surface area contributed by atoms with E-state index in [-0.39, 0.29) is 44.8 Å². The molecule has 4 rings (SSSR count). The summed E-state index contributed by atoms with van der Waals surface area (Å²) in [5, 5.41) is 13.9. The highest BCUT2D eigenvalue weighted by Gasteiger charge is 2.36. The molecule has 182 valence electrons. The van der Waals surface area contributed by atoms with E-state index in [1.807, 2.05) is 0 Å². The zero-order chi connectivity index (χ0) is 24.3. The highest BCUT2D eigenvalue weighted by molar-refractivity contribution is 7.92. The van der Waals surface area contributed by atoms with Crippen molar-refractivity contribution < 1.29 is 22.4 Å². The fraction of sp³-hybridized carbons (Fsp3) is 0.476. The van der Waals surface area contributed by atoms with Gasteiger partial charge in [-0.15, -0.1) is 11.3 Å². The first-order valence-corrected chi connectivity index (χ1v) is 13.5. The average molecular weight is 528 g/mol. The van der Waals surface area contributed by atoms with Crippen LogP contribution in [0.15, 0.2) is 28.6 Å². The van der Waals surface area contributed by atoms with Crippen LogP contribution in [-0.2, 0) is 19.7 Å². The van der Waals surface area contributed by atoms with Gasteiger partial charge in [0.15, 0.2) is 0 Å². The first kappa shape index (κ1) is 24.7. The Kier molecular flexibility index (Phi) is 7.57. The number of sulfonamides is 1. The van der Waals surface area contributed by atoms with E-state index in [1.165, 1.54) is 11.6 Å². The van der Waals surface area contributed by atoms with Gasteiger partial charge >= 0.3 is 16.5 Å². The SMILES string of the molecule is N#C[C@@H]1CCN([C@H]2CCCC[C@@H]2Nc2cc(F)c(S(=O)(=O)N(OC=O)c3nccs3)cc2Cl)C1. The number of likely N-dealkylation sites (tertiary alicyclic amines) is 1. The van der Waals surface area contributed by atoms with Crippen LogP contribution in [0.1, 0.15) is 32.1 Å². The van der Waals surface area contributed by atoms with Gasteiger partial charge in [-0.3, -0.25) is 9.69 Å². The molecule has 34 heavy (non-hydrogen) atoms. The number of thiazole rings is 1. The highest BCUT2D eigenvalue weighted by Crippen LogP contribution is 2.35. The summed E-state index contributed by atoms with van der Waals surface area (Å²) in [6, 6.07) is 4.54. The van der Waals surface area contributed by atoms with Gasteiger partial charge in [0.05, 0.1) is 22.7 Å². The minimum absolute atomic E-state index is 0.0162. The maximum absolute atomic E-state index is 15.1. The van der Waals surface area contributed by atoms with Crippen molar-refractivity contribution in [1.29, 1.82) is 5.26 Å². The summed E-state index contributed by atoms with van der Waals surface area (Å²) in [5.41, 5.74) is 0.281. The third kappa shape index (κ3) is 4.98. The number of anilines is 2. The zero-order valence-corrected chi connectivity index (χ0v) is 20.5. The molecule has 13 heteroatoms. The predicted molar refractivity (Wildman–Crippen MR) is 125 cm³/mol. The summed E-state index contributed by atoms with van der Waals surface area (Å²) >= 11 is 7.30. The summed E-state index contributed by atoms with van der Waals surface area (Å²) in [6.45, 7) is 1.47. The number of benzene rings is 1. The molecule has 0 amide bonds. The number of carbonyl (C=O) groups is 1. The predicted octanol–water partition coefficient (Wildman–Crippen LogP) is 3.79. The molecule has 2 aliphatic rings. The molecule has 2 heterocycles. The van der Waals surface area contributed by atoms with Crippen molar-refractivity contribution in [2.24, 2.45) is 5.92 Å².